The third-order valence-corrected chi connectivity index (χ3v) is 5.44. The molecule has 176 valence electrons. The molecule has 0 aromatic heterocycles. The van der Waals surface area contributed by atoms with Crippen LogP contribution in [0.15, 0.2) is 47.5 Å². The topological polar surface area (TPSA) is 101 Å². The van der Waals surface area contributed by atoms with Gasteiger partial charge in [-0.2, -0.15) is 0 Å². The molecule has 0 unspecified atom stereocenters. The van der Waals surface area contributed by atoms with Gasteiger partial charge in [-0.3, -0.25) is 10.1 Å². The van der Waals surface area contributed by atoms with E-state index in [9.17, 15) is 14.0 Å². The molecule has 0 radical (unpaired) electrons. The van der Waals surface area contributed by atoms with E-state index in [0.717, 1.165) is 12.8 Å². The summed E-state index contributed by atoms with van der Waals surface area (Å²) in [6.07, 6.45) is 2.37. The number of halogens is 2. The SMILES string of the molecule is COC(=O)NC1CCC(N=C(NC(=O)c2ccc(OC)cc2)Nc2cc(F)cc(Cl)c2)CC1. The quantitative estimate of drug-likeness (QED) is 0.440. The van der Waals surface area contributed by atoms with E-state index < -0.39 is 11.9 Å². The van der Waals surface area contributed by atoms with Crippen LogP contribution in [0.3, 0.4) is 0 Å². The number of ether oxygens (including phenoxy) is 2. The average Bonchev–Trinajstić information content (AvgIpc) is 2.79. The first-order valence-corrected chi connectivity index (χ1v) is 10.8. The summed E-state index contributed by atoms with van der Waals surface area (Å²) >= 11 is 5.96. The molecule has 0 saturated heterocycles. The number of anilines is 1. The van der Waals surface area contributed by atoms with Crippen LogP contribution in [0.4, 0.5) is 14.9 Å². The highest BCUT2D eigenvalue weighted by atomic mass is 35.5. The molecule has 3 N–H and O–H groups in total. The summed E-state index contributed by atoms with van der Waals surface area (Å²) in [4.78, 5) is 28.9. The number of amides is 2. The summed E-state index contributed by atoms with van der Waals surface area (Å²) in [5.41, 5.74) is 0.767. The Morgan fingerprint density at radius 3 is 2.36 bits per heavy atom. The van der Waals surface area contributed by atoms with Gasteiger partial charge in [-0.25, -0.2) is 14.2 Å². The van der Waals surface area contributed by atoms with Gasteiger partial charge in [0.05, 0.1) is 20.3 Å². The van der Waals surface area contributed by atoms with Gasteiger partial charge < -0.3 is 20.1 Å². The smallest absolute Gasteiger partial charge is 0.407 e. The second-order valence-electron chi connectivity index (χ2n) is 7.58. The number of hydrogen-bond acceptors (Lipinski definition) is 5. The number of alkyl carbamates (subject to hydrolysis) is 1. The lowest BCUT2D eigenvalue weighted by atomic mass is 9.92. The van der Waals surface area contributed by atoms with Crippen molar-refractivity contribution in [2.45, 2.75) is 37.8 Å². The maximum atomic E-state index is 13.8. The van der Waals surface area contributed by atoms with Crippen LogP contribution in [0.1, 0.15) is 36.0 Å². The molecule has 0 atom stereocenters. The zero-order chi connectivity index (χ0) is 23.8. The van der Waals surface area contributed by atoms with Crippen molar-refractivity contribution in [3.63, 3.8) is 0 Å². The monoisotopic (exact) mass is 476 g/mol. The van der Waals surface area contributed by atoms with Crippen LogP contribution in [-0.4, -0.2) is 44.3 Å². The molecule has 10 heteroatoms. The maximum Gasteiger partial charge on any atom is 0.407 e. The van der Waals surface area contributed by atoms with Gasteiger partial charge in [-0.15, -0.1) is 0 Å². The summed E-state index contributed by atoms with van der Waals surface area (Å²) in [6, 6.07) is 10.5. The number of nitrogens with one attached hydrogen (secondary N) is 3. The minimum absolute atomic E-state index is 0.0104. The van der Waals surface area contributed by atoms with Crippen LogP contribution in [-0.2, 0) is 4.74 Å². The van der Waals surface area contributed by atoms with E-state index in [1.54, 1.807) is 31.4 Å². The molecule has 33 heavy (non-hydrogen) atoms. The highest BCUT2D eigenvalue weighted by Crippen LogP contribution is 2.23. The van der Waals surface area contributed by atoms with Crippen LogP contribution in [0.25, 0.3) is 0 Å². The Bertz CT molecular complexity index is 988. The predicted molar refractivity (Wildman–Crippen MR) is 125 cm³/mol. The zero-order valence-electron chi connectivity index (χ0n) is 18.4. The molecule has 1 saturated carbocycles. The van der Waals surface area contributed by atoms with E-state index in [1.807, 2.05) is 0 Å². The average molecular weight is 477 g/mol. The standard InChI is InChI=1S/C23H26ClFN4O4/c1-32-20-9-3-14(4-10-20)21(30)29-22(27-19-12-15(24)11-16(25)13-19)26-17-5-7-18(8-6-17)28-23(31)33-2/h3-4,9-13,17-18H,5-8H2,1-2H3,(H,28,31)(H2,26,27,29,30). The number of guanidine groups is 1. The number of rotatable bonds is 5. The number of nitrogens with zero attached hydrogens (tertiary/aromatic N) is 1. The predicted octanol–water partition coefficient (Wildman–Crippen LogP) is 4.35. The molecule has 0 spiro atoms. The molecule has 2 aromatic carbocycles. The van der Waals surface area contributed by atoms with Gasteiger partial charge in [0.15, 0.2) is 0 Å². The summed E-state index contributed by atoms with van der Waals surface area (Å²) in [5, 5.41) is 8.74. The van der Waals surface area contributed by atoms with E-state index in [4.69, 9.17) is 16.3 Å². The highest BCUT2D eigenvalue weighted by Gasteiger charge is 2.23. The third-order valence-electron chi connectivity index (χ3n) is 5.23. The minimum atomic E-state index is -0.514. The maximum absolute atomic E-state index is 13.8. The summed E-state index contributed by atoms with van der Waals surface area (Å²) in [6.45, 7) is 0. The highest BCUT2D eigenvalue weighted by molar-refractivity contribution is 6.31. The molecule has 3 rings (SSSR count). The van der Waals surface area contributed by atoms with E-state index in [2.05, 4.69) is 25.7 Å². The Kier molecular flexibility index (Phi) is 8.48. The molecular weight excluding hydrogens is 451 g/mol. The number of hydrogen-bond donors (Lipinski definition) is 3. The number of aliphatic imine (C=N–C) groups is 1. The summed E-state index contributed by atoms with van der Waals surface area (Å²) in [5.74, 6) is -0.0835. The lowest BCUT2D eigenvalue weighted by Crippen LogP contribution is -2.40. The molecular formula is C23H26ClFN4O4. The van der Waals surface area contributed by atoms with E-state index in [1.165, 1.54) is 25.3 Å². The van der Waals surface area contributed by atoms with Crippen molar-refractivity contribution in [1.29, 1.82) is 0 Å². The van der Waals surface area contributed by atoms with Crippen LogP contribution in [0.2, 0.25) is 5.02 Å². The number of carbonyl (C=O) groups excluding carboxylic acids is 2. The number of benzene rings is 2. The first-order valence-electron chi connectivity index (χ1n) is 10.5. The van der Waals surface area contributed by atoms with Crippen molar-refractivity contribution in [1.82, 2.24) is 10.6 Å². The van der Waals surface area contributed by atoms with Crippen LogP contribution in [0, 0.1) is 5.82 Å². The molecule has 0 aliphatic heterocycles. The van der Waals surface area contributed by atoms with Crippen LogP contribution >= 0.6 is 11.6 Å². The molecule has 1 fully saturated rings. The fourth-order valence-electron chi connectivity index (χ4n) is 3.54. The van der Waals surface area contributed by atoms with Crippen molar-refractivity contribution in [3.8, 4) is 5.75 Å². The van der Waals surface area contributed by atoms with Crippen molar-refractivity contribution in [3.05, 3.63) is 58.9 Å². The van der Waals surface area contributed by atoms with Gasteiger partial charge in [0.1, 0.15) is 11.6 Å². The minimum Gasteiger partial charge on any atom is -0.497 e. The number of methoxy groups -OCH3 is 2. The fourth-order valence-corrected chi connectivity index (χ4v) is 3.76. The Morgan fingerprint density at radius 2 is 1.76 bits per heavy atom. The molecule has 1 aliphatic rings. The lowest BCUT2D eigenvalue weighted by molar-refractivity contribution is 0.0976. The Hall–Kier alpha value is -3.33. The largest absolute Gasteiger partial charge is 0.497 e. The van der Waals surface area contributed by atoms with Gasteiger partial charge in [0.25, 0.3) is 5.91 Å². The third kappa shape index (κ3) is 7.35. The fraction of sp³-hybridized carbons (Fsp3) is 0.348. The zero-order valence-corrected chi connectivity index (χ0v) is 19.1. The summed E-state index contributed by atoms with van der Waals surface area (Å²) < 4.78 is 23.6. The van der Waals surface area contributed by atoms with E-state index >= 15 is 0 Å². The normalized spacial score (nSPS) is 18.2. The Labute approximate surface area is 196 Å². The van der Waals surface area contributed by atoms with Gasteiger partial charge in [-0.1, -0.05) is 11.6 Å². The van der Waals surface area contributed by atoms with E-state index in [-0.39, 0.29) is 29.0 Å². The first-order chi connectivity index (χ1) is 15.9. The Balaban J connectivity index is 1.74. The molecule has 2 aromatic rings. The second kappa shape index (κ2) is 11.5. The molecule has 0 heterocycles. The van der Waals surface area contributed by atoms with Crippen LogP contribution < -0.4 is 20.7 Å². The lowest BCUT2D eigenvalue weighted by Gasteiger charge is -2.27. The van der Waals surface area contributed by atoms with Crippen LogP contribution in [0.5, 0.6) is 5.75 Å². The summed E-state index contributed by atoms with van der Waals surface area (Å²) in [7, 11) is 2.87. The first kappa shape index (κ1) is 24.3. The number of carbonyl (C=O) groups is 2. The van der Waals surface area contributed by atoms with Crippen molar-refractivity contribution in [2.24, 2.45) is 4.99 Å². The molecule has 2 amide bonds. The molecule has 0 bridgehead atoms. The van der Waals surface area contributed by atoms with Crippen molar-refractivity contribution >= 4 is 35.2 Å². The van der Waals surface area contributed by atoms with E-state index in [0.29, 0.717) is 29.8 Å². The van der Waals surface area contributed by atoms with Crippen molar-refractivity contribution in [2.75, 3.05) is 19.5 Å². The van der Waals surface area contributed by atoms with Gasteiger partial charge in [0.2, 0.25) is 5.96 Å². The Morgan fingerprint density at radius 1 is 1.06 bits per heavy atom. The molecule has 8 nitrogen and oxygen atoms in total. The van der Waals surface area contributed by atoms with Gasteiger partial charge >= 0.3 is 6.09 Å². The van der Waals surface area contributed by atoms with Gasteiger partial charge in [0, 0.05) is 22.3 Å². The molecule has 1 aliphatic carbocycles. The van der Waals surface area contributed by atoms with Crippen molar-refractivity contribution < 1.29 is 23.5 Å². The van der Waals surface area contributed by atoms with Gasteiger partial charge in [-0.05, 0) is 68.1 Å². The second-order valence-corrected chi connectivity index (χ2v) is 8.02.